The maximum atomic E-state index is 13.1. The van der Waals surface area contributed by atoms with Gasteiger partial charge in [0.15, 0.2) is 0 Å². The molecule has 0 saturated heterocycles. The molecule has 210 valence electrons. The van der Waals surface area contributed by atoms with Gasteiger partial charge in [-0.3, -0.25) is 0 Å². The molecule has 0 spiro atoms. The van der Waals surface area contributed by atoms with Crippen molar-refractivity contribution in [2.24, 2.45) is 0 Å². The predicted octanol–water partition coefficient (Wildman–Crippen LogP) is 8.13. The van der Waals surface area contributed by atoms with Gasteiger partial charge in [-0.05, 0) is 97.3 Å². The summed E-state index contributed by atoms with van der Waals surface area (Å²) in [7, 11) is -6.33. The van der Waals surface area contributed by atoms with Crippen molar-refractivity contribution in [3.8, 4) is 22.6 Å². The number of rotatable bonds is 10. The van der Waals surface area contributed by atoms with Crippen molar-refractivity contribution < 1.29 is 21.9 Å². The van der Waals surface area contributed by atoms with Crippen LogP contribution in [0.15, 0.2) is 42.5 Å². The minimum absolute atomic E-state index is 0.0151. The molecule has 0 unspecified atom stereocenters. The van der Waals surface area contributed by atoms with Crippen molar-refractivity contribution >= 4 is 22.9 Å². The SMILES string of the molecule is CC(C)Oc1cccc(OC(C)C)c1-c1ccccc1[P+](OS(C)(=O)=O)(C1CCCCC1)C1CCCCC1. The molecule has 0 bridgehead atoms. The zero-order valence-electron chi connectivity index (χ0n) is 23.8. The first-order chi connectivity index (χ1) is 18.1. The fraction of sp³-hybridized carbons (Fsp3) is 0.613. The number of hydrogen-bond donors (Lipinski definition) is 0. The van der Waals surface area contributed by atoms with E-state index >= 15 is 0 Å². The molecule has 4 rings (SSSR count). The first-order valence-electron chi connectivity index (χ1n) is 14.5. The molecule has 2 aromatic rings. The van der Waals surface area contributed by atoms with Crippen LogP contribution in [0.2, 0.25) is 0 Å². The van der Waals surface area contributed by atoms with Gasteiger partial charge in [-0.15, -0.1) is 3.97 Å². The Hall–Kier alpha value is -1.62. The highest BCUT2D eigenvalue weighted by atomic mass is 32.2. The zero-order chi connectivity index (χ0) is 27.3. The summed E-state index contributed by atoms with van der Waals surface area (Å²) in [5.41, 5.74) is 2.37. The van der Waals surface area contributed by atoms with E-state index in [1.807, 2.05) is 52.0 Å². The molecule has 2 fully saturated rings. The van der Waals surface area contributed by atoms with E-state index in [-0.39, 0.29) is 23.5 Å². The molecule has 38 heavy (non-hydrogen) atoms. The lowest BCUT2D eigenvalue weighted by atomic mass is 9.99. The standard InChI is InChI=1S/C31H46O5PS/c1-23(2)34-28-20-14-21-29(35-24(3)4)31(28)27-19-12-13-22-30(27)37(36-38(5,32)33,25-15-8-6-9-16-25)26-17-10-7-11-18-26/h12-14,19-26H,6-11,15-18H2,1-5H3/q+1. The predicted molar refractivity (Wildman–Crippen MR) is 160 cm³/mol. The zero-order valence-corrected chi connectivity index (χ0v) is 25.5. The Bertz CT molecular complexity index is 1120. The average Bonchev–Trinajstić information content (AvgIpc) is 2.87. The first-order valence-corrected chi connectivity index (χ1v) is 18.1. The van der Waals surface area contributed by atoms with Crippen LogP contribution in [0, 0.1) is 0 Å². The molecule has 2 saturated carbocycles. The minimum Gasteiger partial charge on any atom is -0.490 e. The monoisotopic (exact) mass is 561 g/mol. The van der Waals surface area contributed by atoms with E-state index in [4.69, 9.17) is 13.4 Å². The van der Waals surface area contributed by atoms with Crippen LogP contribution in [-0.4, -0.2) is 38.2 Å². The Kier molecular flexibility index (Phi) is 9.82. The quantitative estimate of drug-likeness (QED) is 0.274. The van der Waals surface area contributed by atoms with Crippen molar-refractivity contribution in [2.45, 2.75) is 115 Å². The van der Waals surface area contributed by atoms with Gasteiger partial charge in [-0.25, -0.2) is 0 Å². The summed E-state index contributed by atoms with van der Waals surface area (Å²) < 4.78 is 45.6. The van der Waals surface area contributed by atoms with Crippen LogP contribution in [0.4, 0.5) is 0 Å². The molecule has 0 amide bonds. The van der Waals surface area contributed by atoms with Gasteiger partial charge >= 0.3 is 0 Å². The molecule has 0 aliphatic heterocycles. The Morgan fingerprint density at radius 3 is 1.63 bits per heavy atom. The second-order valence-corrected chi connectivity index (χ2v) is 16.9. The molecule has 0 heterocycles. The smallest absolute Gasteiger partial charge is 0.296 e. The van der Waals surface area contributed by atoms with Gasteiger partial charge in [0.2, 0.25) is 7.49 Å². The lowest BCUT2D eigenvalue weighted by Gasteiger charge is -2.41. The van der Waals surface area contributed by atoms with Crippen molar-refractivity contribution in [1.82, 2.24) is 0 Å². The Labute approximate surface area is 231 Å². The molecule has 0 radical (unpaired) electrons. The number of ether oxygens (including phenoxy) is 2. The molecule has 2 aliphatic rings. The Balaban J connectivity index is 2.03. The topological polar surface area (TPSA) is 61.8 Å². The first kappa shape index (κ1) is 29.4. The maximum Gasteiger partial charge on any atom is 0.296 e. The summed E-state index contributed by atoms with van der Waals surface area (Å²) >= 11 is 0. The molecule has 2 aliphatic carbocycles. The highest BCUT2D eigenvalue weighted by Crippen LogP contribution is 2.74. The maximum absolute atomic E-state index is 13.1. The van der Waals surface area contributed by atoms with Gasteiger partial charge in [0.05, 0.1) is 24.0 Å². The van der Waals surface area contributed by atoms with E-state index < -0.39 is 17.6 Å². The van der Waals surface area contributed by atoms with Gasteiger partial charge in [0.1, 0.15) is 28.1 Å². The molecule has 0 atom stereocenters. The van der Waals surface area contributed by atoms with Crippen LogP contribution in [0.1, 0.15) is 91.9 Å². The van der Waals surface area contributed by atoms with Crippen LogP contribution >= 0.6 is 7.49 Å². The van der Waals surface area contributed by atoms with Crippen LogP contribution in [0.5, 0.6) is 11.5 Å². The molecule has 2 aromatic carbocycles. The summed E-state index contributed by atoms with van der Waals surface area (Å²) in [5, 5.41) is 1.07. The molecular formula is C31H46O5PS+. The van der Waals surface area contributed by atoms with E-state index in [0.717, 1.165) is 79.3 Å². The summed E-state index contributed by atoms with van der Waals surface area (Å²) in [6.45, 7) is 8.11. The lowest BCUT2D eigenvalue weighted by Crippen LogP contribution is -2.38. The molecule has 0 aromatic heterocycles. The third-order valence-corrected chi connectivity index (χ3v) is 14.2. The Morgan fingerprint density at radius 2 is 1.18 bits per heavy atom. The normalized spacial score (nSPS) is 18.2. The van der Waals surface area contributed by atoms with E-state index in [1.54, 1.807) is 0 Å². The summed E-state index contributed by atoms with van der Waals surface area (Å²) in [5.74, 6) is 1.52. The van der Waals surface area contributed by atoms with E-state index in [1.165, 1.54) is 19.1 Å². The summed E-state index contributed by atoms with van der Waals surface area (Å²) in [4.78, 5) is 0. The van der Waals surface area contributed by atoms with Crippen LogP contribution < -0.4 is 14.8 Å². The van der Waals surface area contributed by atoms with Gasteiger partial charge in [-0.2, -0.15) is 8.42 Å². The van der Waals surface area contributed by atoms with Gasteiger partial charge in [0, 0.05) is 5.56 Å². The largest absolute Gasteiger partial charge is 0.490 e. The second kappa shape index (κ2) is 12.7. The van der Waals surface area contributed by atoms with Crippen LogP contribution in [0.25, 0.3) is 11.1 Å². The Morgan fingerprint density at radius 1 is 0.711 bits per heavy atom. The van der Waals surface area contributed by atoms with Crippen molar-refractivity contribution in [3.63, 3.8) is 0 Å². The van der Waals surface area contributed by atoms with Gasteiger partial charge in [-0.1, -0.05) is 37.1 Å². The third-order valence-electron chi connectivity index (χ3n) is 7.76. The molecule has 5 nitrogen and oxygen atoms in total. The highest BCUT2D eigenvalue weighted by molar-refractivity contribution is 7.96. The van der Waals surface area contributed by atoms with Crippen molar-refractivity contribution in [3.05, 3.63) is 42.5 Å². The van der Waals surface area contributed by atoms with Gasteiger partial charge in [0.25, 0.3) is 10.1 Å². The third kappa shape index (κ3) is 6.74. The van der Waals surface area contributed by atoms with Crippen molar-refractivity contribution in [1.29, 1.82) is 0 Å². The fourth-order valence-corrected chi connectivity index (χ4v) is 14.1. The van der Waals surface area contributed by atoms with Gasteiger partial charge < -0.3 is 9.47 Å². The second-order valence-electron chi connectivity index (χ2n) is 11.6. The van der Waals surface area contributed by atoms with Crippen LogP contribution in [0.3, 0.4) is 0 Å². The number of benzene rings is 2. The number of hydrogen-bond acceptors (Lipinski definition) is 5. The fourth-order valence-electron chi connectivity index (χ4n) is 6.48. The van der Waals surface area contributed by atoms with E-state index in [0.29, 0.717) is 0 Å². The van der Waals surface area contributed by atoms with E-state index in [9.17, 15) is 8.42 Å². The average molecular weight is 562 g/mol. The summed E-state index contributed by atoms with van der Waals surface area (Å²) in [6, 6.07) is 14.3. The van der Waals surface area contributed by atoms with Crippen molar-refractivity contribution in [2.75, 3.05) is 6.26 Å². The molecule has 7 heteroatoms. The molecule has 0 N–H and O–H groups in total. The van der Waals surface area contributed by atoms with E-state index in [2.05, 4.69) is 18.2 Å². The lowest BCUT2D eigenvalue weighted by molar-refractivity contribution is 0.231. The van der Waals surface area contributed by atoms with Crippen LogP contribution in [-0.2, 0) is 14.1 Å². The molecular weight excluding hydrogens is 515 g/mol. The summed E-state index contributed by atoms with van der Waals surface area (Å²) in [6.07, 6.45) is 12.2. The minimum atomic E-state index is -3.70. The highest BCUT2D eigenvalue weighted by Gasteiger charge is 2.60.